The van der Waals surface area contributed by atoms with Crippen molar-refractivity contribution in [3.8, 4) is 0 Å². The molecule has 1 fully saturated rings. The zero-order chi connectivity index (χ0) is 10.7. The predicted octanol–water partition coefficient (Wildman–Crippen LogP) is 1.07. The number of hydrogen-bond donors (Lipinski definition) is 1. The normalized spacial score (nSPS) is 21.4. The summed E-state index contributed by atoms with van der Waals surface area (Å²) in [6.07, 6.45) is 3.95. The fourth-order valence-corrected chi connectivity index (χ4v) is 2.92. The van der Waals surface area contributed by atoms with Crippen LogP contribution in [-0.4, -0.2) is 32.5 Å². The zero-order valence-electron chi connectivity index (χ0n) is 9.18. The van der Waals surface area contributed by atoms with Gasteiger partial charge in [0.1, 0.15) is 0 Å². The number of hydrogen-bond acceptors (Lipinski definition) is 4. The van der Waals surface area contributed by atoms with Crippen molar-refractivity contribution in [3.05, 3.63) is 18.0 Å². The molecule has 0 amide bonds. The van der Waals surface area contributed by atoms with E-state index < -0.39 is 10.8 Å². The van der Waals surface area contributed by atoms with E-state index in [9.17, 15) is 4.21 Å². The second-order valence-electron chi connectivity index (χ2n) is 3.79. The maximum absolute atomic E-state index is 11.9. The average Bonchev–Trinajstić information content (AvgIpc) is 2.70. The Bertz CT molecular complexity index is 369. The van der Waals surface area contributed by atoms with E-state index in [4.69, 9.17) is 0 Å². The minimum absolute atomic E-state index is 0. The summed E-state index contributed by atoms with van der Waals surface area (Å²) in [6.45, 7) is 2.92. The number of halogens is 1. The van der Waals surface area contributed by atoms with Gasteiger partial charge in [0.15, 0.2) is 0 Å². The summed E-state index contributed by atoms with van der Waals surface area (Å²) in [5.41, 5.74) is 0.868. The molecule has 1 aromatic heterocycles. The van der Waals surface area contributed by atoms with E-state index in [2.05, 4.69) is 15.3 Å². The molecule has 0 spiro atoms. The highest BCUT2D eigenvalue weighted by Crippen LogP contribution is 2.09. The summed E-state index contributed by atoms with van der Waals surface area (Å²) >= 11 is 0. The van der Waals surface area contributed by atoms with Gasteiger partial charge in [-0.2, -0.15) is 0 Å². The van der Waals surface area contributed by atoms with Crippen molar-refractivity contribution in [2.45, 2.75) is 31.0 Å². The maximum Gasteiger partial charge on any atom is 0.218 e. The van der Waals surface area contributed by atoms with Gasteiger partial charge in [-0.15, -0.1) is 12.4 Å². The molecule has 1 saturated heterocycles. The second kappa shape index (κ2) is 6.27. The summed E-state index contributed by atoms with van der Waals surface area (Å²) < 4.78 is 11.9. The molecular weight excluding hydrogens is 246 g/mol. The minimum Gasteiger partial charge on any atom is -0.313 e. The molecule has 0 aliphatic carbocycles. The Kier molecular flexibility index (Phi) is 5.31. The first-order chi connectivity index (χ1) is 7.25. The molecule has 90 valence electrons. The molecular formula is C10H16ClN3OS. The molecule has 1 aliphatic rings. The first kappa shape index (κ1) is 13.5. The van der Waals surface area contributed by atoms with Crippen LogP contribution in [0.4, 0.5) is 0 Å². The fraction of sp³-hybridized carbons (Fsp3) is 0.600. The predicted molar refractivity (Wildman–Crippen MR) is 66.3 cm³/mol. The minimum atomic E-state index is -1.07. The Morgan fingerprint density at radius 2 is 2.44 bits per heavy atom. The highest BCUT2D eigenvalue weighted by atomic mass is 35.5. The Balaban J connectivity index is 0.00000128. The topological polar surface area (TPSA) is 54.9 Å². The molecule has 0 saturated carbocycles. The largest absolute Gasteiger partial charge is 0.313 e. The quantitative estimate of drug-likeness (QED) is 0.827. The van der Waals surface area contributed by atoms with E-state index in [1.54, 1.807) is 6.20 Å². The van der Waals surface area contributed by atoms with E-state index in [-0.39, 0.29) is 12.4 Å². The summed E-state index contributed by atoms with van der Waals surface area (Å²) in [5, 5.41) is 3.79. The van der Waals surface area contributed by atoms with Gasteiger partial charge in [0.05, 0.1) is 10.8 Å². The van der Waals surface area contributed by atoms with Crippen LogP contribution in [0.25, 0.3) is 0 Å². The monoisotopic (exact) mass is 261 g/mol. The third-order valence-electron chi connectivity index (χ3n) is 2.49. The first-order valence-corrected chi connectivity index (χ1v) is 6.49. The Morgan fingerprint density at radius 1 is 1.62 bits per heavy atom. The second-order valence-corrected chi connectivity index (χ2v) is 5.18. The van der Waals surface area contributed by atoms with E-state index in [1.165, 1.54) is 6.42 Å². The van der Waals surface area contributed by atoms with Crippen molar-refractivity contribution in [2.75, 3.05) is 12.3 Å². The Hall–Kier alpha value is -0.520. The van der Waals surface area contributed by atoms with Gasteiger partial charge in [-0.05, 0) is 32.4 Å². The van der Waals surface area contributed by atoms with Gasteiger partial charge in [-0.3, -0.25) is 4.21 Å². The highest BCUT2D eigenvalue weighted by Gasteiger charge is 2.18. The van der Waals surface area contributed by atoms with Crippen molar-refractivity contribution in [2.24, 2.45) is 0 Å². The highest BCUT2D eigenvalue weighted by molar-refractivity contribution is 7.84. The third kappa shape index (κ3) is 3.50. The summed E-state index contributed by atoms with van der Waals surface area (Å²) in [7, 11) is -1.07. The molecule has 2 atom stereocenters. The lowest BCUT2D eigenvalue weighted by atomic mass is 10.3. The Labute approximate surface area is 104 Å². The molecule has 6 heteroatoms. The van der Waals surface area contributed by atoms with Gasteiger partial charge in [0.2, 0.25) is 5.16 Å². The standard InChI is InChI=1S/C10H15N3OS.ClH/c1-8-4-6-12-10(13-8)15(14)7-9-3-2-5-11-9;/h4,6,9,11H,2-3,5,7H2,1H3;1H. The summed E-state index contributed by atoms with van der Waals surface area (Å²) in [4.78, 5) is 8.22. The van der Waals surface area contributed by atoms with Gasteiger partial charge < -0.3 is 5.32 Å². The average molecular weight is 262 g/mol. The first-order valence-electron chi connectivity index (χ1n) is 5.17. The van der Waals surface area contributed by atoms with Crippen LogP contribution in [-0.2, 0) is 10.8 Å². The van der Waals surface area contributed by atoms with E-state index in [0.29, 0.717) is 17.0 Å². The molecule has 0 aromatic carbocycles. The van der Waals surface area contributed by atoms with Gasteiger partial charge >= 0.3 is 0 Å². The SMILES string of the molecule is Cc1ccnc(S(=O)CC2CCCN2)n1.Cl. The zero-order valence-corrected chi connectivity index (χ0v) is 10.8. The maximum atomic E-state index is 11.9. The number of aryl methyl sites for hydroxylation is 1. The molecule has 2 heterocycles. The van der Waals surface area contributed by atoms with Crippen LogP contribution in [0, 0.1) is 6.92 Å². The van der Waals surface area contributed by atoms with Crippen LogP contribution in [0.5, 0.6) is 0 Å². The van der Waals surface area contributed by atoms with Gasteiger partial charge in [0.25, 0.3) is 0 Å². The van der Waals surface area contributed by atoms with Crippen LogP contribution < -0.4 is 5.32 Å². The molecule has 4 nitrogen and oxygen atoms in total. The smallest absolute Gasteiger partial charge is 0.218 e. The number of nitrogens with zero attached hydrogens (tertiary/aromatic N) is 2. The van der Waals surface area contributed by atoms with Crippen LogP contribution >= 0.6 is 12.4 Å². The van der Waals surface area contributed by atoms with Crippen LogP contribution in [0.15, 0.2) is 17.4 Å². The number of nitrogens with one attached hydrogen (secondary N) is 1. The van der Waals surface area contributed by atoms with Gasteiger partial charge in [0, 0.05) is 23.7 Å². The van der Waals surface area contributed by atoms with E-state index >= 15 is 0 Å². The number of rotatable bonds is 3. The summed E-state index contributed by atoms with van der Waals surface area (Å²) in [6, 6.07) is 2.18. The molecule has 2 rings (SSSR count). The Morgan fingerprint density at radius 3 is 3.06 bits per heavy atom. The molecule has 16 heavy (non-hydrogen) atoms. The van der Waals surface area contributed by atoms with Gasteiger partial charge in [-0.1, -0.05) is 0 Å². The lowest BCUT2D eigenvalue weighted by molar-refractivity contribution is 0.637. The van der Waals surface area contributed by atoms with Crippen LogP contribution in [0.3, 0.4) is 0 Å². The van der Waals surface area contributed by atoms with Crippen LogP contribution in [0.1, 0.15) is 18.5 Å². The molecule has 2 unspecified atom stereocenters. The van der Waals surface area contributed by atoms with E-state index in [0.717, 1.165) is 18.7 Å². The lowest BCUT2D eigenvalue weighted by Crippen LogP contribution is -2.28. The molecule has 1 N–H and O–H groups in total. The molecule has 0 radical (unpaired) electrons. The number of aromatic nitrogens is 2. The third-order valence-corrected chi connectivity index (χ3v) is 3.80. The summed E-state index contributed by atoms with van der Waals surface area (Å²) in [5.74, 6) is 0.628. The van der Waals surface area contributed by atoms with Crippen molar-refractivity contribution in [3.63, 3.8) is 0 Å². The molecule has 1 aromatic rings. The molecule has 1 aliphatic heterocycles. The van der Waals surface area contributed by atoms with E-state index in [1.807, 2.05) is 13.0 Å². The van der Waals surface area contributed by atoms with Crippen molar-refractivity contribution in [1.82, 2.24) is 15.3 Å². The van der Waals surface area contributed by atoms with Crippen molar-refractivity contribution >= 4 is 23.2 Å². The van der Waals surface area contributed by atoms with Crippen molar-refractivity contribution < 1.29 is 4.21 Å². The van der Waals surface area contributed by atoms with Gasteiger partial charge in [-0.25, -0.2) is 9.97 Å². The fourth-order valence-electron chi connectivity index (χ4n) is 1.69. The molecule has 0 bridgehead atoms. The van der Waals surface area contributed by atoms with Crippen LogP contribution in [0.2, 0.25) is 0 Å². The lowest BCUT2D eigenvalue weighted by Gasteiger charge is -2.08. The van der Waals surface area contributed by atoms with Crippen molar-refractivity contribution in [1.29, 1.82) is 0 Å².